The first-order valence-corrected chi connectivity index (χ1v) is 10.6. The van der Waals surface area contributed by atoms with Crippen LogP contribution in [-0.4, -0.2) is 70.0 Å². The van der Waals surface area contributed by atoms with E-state index in [1.54, 1.807) is 38.1 Å². The first-order chi connectivity index (χ1) is 15.9. The molecule has 10 nitrogen and oxygen atoms in total. The number of benzene rings is 2. The molecule has 4 atom stereocenters. The summed E-state index contributed by atoms with van der Waals surface area (Å²) in [5.41, 5.74) is 1.12. The van der Waals surface area contributed by atoms with Gasteiger partial charge < -0.3 is 44.6 Å². The normalized spacial score (nSPS) is 20.6. The first-order valence-electron chi connectivity index (χ1n) is 10.6. The monoisotopic (exact) mass is 461 g/mol. The van der Waals surface area contributed by atoms with Gasteiger partial charge in [0.05, 0.1) is 18.9 Å². The third kappa shape index (κ3) is 4.07. The van der Waals surface area contributed by atoms with E-state index in [1.807, 2.05) is 0 Å². The minimum absolute atomic E-state index is 0.117. The zero-order valence-corrected chi connectivity index (χ0v) is 18.3. The summed E-state index contributed by atoms with van der Waals surface area (Å²) in [6, 6.07) is 6.58. The van der Waals surface area contributed by atoms with Crippen LogP contribution in [0.15, 0.2) is 29.4 Å². The fourth-order valence-electron chi connectivity index (χ4n) is 4.10. The number of ether oxygens (including phenoxy) is 4. The number of aliphatic hydroxyl groups excluding tert-OH is 2. The molecule has 0 spiro atoms. The molecule has 5 N–H and O–H groups in total. The van der Waals surface area contributed by atoms with Crippen LogP contribution in [0.25, 0.3) is 0 Å². The van der Waals surface area contributed by atoms with E-state index in [9.17, 15) is 25.6 Å². The SMILES string of the molecule is CC(C(=NO)C(C)c1ccc2c(c1O)OC(CO)CO2)c1ccc2c(c1O)OC(CO)CO2. The molecule has 4 unspecified atom stereocenters. The second-order valence-electron chi connectivity index (χ2n) is 8.10. The van der Waals surface area contributed by atoms with Crippen molar-refractivity contribution in [3.63, 3.8) is 0 Å². The highest BCUT2D eigenvalue weighted by atomic mass is 16.6. The summed E-state index contributed by atoms with van der Waals surface area (Å²) in [5.74, 6) is -0.568. The largest absolute Gasteiger partial charge is 0.504 e. The van der Waals surface area contributed by atoms with Crippen LogP contribution in [0.3, 0.4) is 0 Å². The van der Waals surface area contributed by atoms with E-state index in [4.69, 9.17) is 18.9 Å². The topological polar surface area (TPSA) is 150 Å². The van der Waals surface area contributed by atoms with Crippen LogP contribution < -0.4 is 18.9 Å². The lowest BCUT2D eigenvalue weighted by Crippen LogP contribution is -2.32. The number of phenols is 2. The quantitative estimate of drug-likeness (QED) is 0.247. The molecule has 0 amide bonds. The summed E-state index contributed by atoms with van der Waals surface area (Å²) in [6.07, 6.45) is -1.20. The minimum atomic E-state index is -0.601. The van der Waals surface area contributed by atoms with Gasteiger partial charge in [-0.3, -0.25) is 0 Å². The van der Waals surface area contributed by atoms with E-state index in [0.29, 0.717) is 22.6 Å². The summed E-state index contributed by atoms with van der Waals surface area (Å²) in [6.45, 7) is 3.30. The average Bonchev–Trinajstić information content (AvgIpc) is 2.84. The standard InChI is InChI=1S/C23H27NO9/c1-11(15-3-5-17-22(20(15)27)32-13(7-25)9-30-17)19(24-29)12(2)16-4-6-18-23(21(16)28)33-14(8-26)10-31-18/h3-6,11-14,25-29H,7-10H2,1-2H3. The number of rotatable bonds is 6. The molecule has 2 aromatic rings. The minimum Gasteiger partial charge on any atom is -0.504 e. The second-order valence-corrected chi connectivity index (χ2v) is 8.10. The molecule has 10 heteroatoms. The maximum absolute atomic E-state index is 10.9. The maximum Gasteiger partial charge on any atom is 0.204 e. The summed E-state index contributed by atoms with van der Waals surface area (Å²) in [4.78, 5) is 0. The van der Waals surface area contributed by atoms with Crippen molar-refractivity contribution < 1.29 is 44.6 Å². The van der Waals surface area contributed by atoms with Crippen LogP contribution in [0, 0.1) is 0 Å². The Hall–Kier alpha value is -3.37. The van der Waals surface area contributed by atoms with Crippen molar-refractivity contribution in [2.24, 2.45) is 5.16 Å². The van der Waals surface area contributed by atoms with Gasteiger partial charge in [0.15, 0.2) is 35.2 Å². The molecule has 0 saturated heterocycles. The van der Waals surface area contributed by atoms with Crippen LogP contribution in [-0.2, 0) is 0 Å². The first kappa shape index (κ1) is 22.8. The summed E-state index contributed by atoms with van der Waals surface area (Å²) >= 11 is 0. The average molecular weight is 461 g/mol. The van der Waals surface area contributed by atoms with Crippen molar-refractivity contribution in [2.45, 2.75) is 37.9 Å². The fraction of sp³-hybridized carbons (Fsp3) is 0.435. The van der Waals surface area contributed by atoms with Gasteiger partial charge in [-0.1, -0.05) is 31.1 Å². The molecule has 2 aromatic carbocycles. The molecular weight excluding hydrogens is 434 g/mol. The molecule has 178 valence electrons. The van der Waals surface area contributed by atoms with E-state index >= 15 is 0 Å². The second kappa shape index (κ2) is 9.24. The molecule has 2 heterocycles. The Labute approximate surface area is 190 Å². The number of aromatic hydroxyl groups is 2. The highest BCUT2D eigenvalue weighted by Crippen LogP contribution is 2.48. The highest BCUT2D eigenvalue weighted by Gasteiger charge is 2.32. The summed E-state index contributed by atoms with van der Waals surface area (Å²) in [7, 11) is 0. The molecule has 2 aliphatic rings. The van der Waals surface area contributed by atoms with Crippen molar-refractivity contribution in [2.75, 3.05) is 26.4 Å². The third-order valence-corrected chi connectivity index (χ3v) is 6.01. The Kier molecular flexibility index (Phi) is 6.39. The Morgan fingerprint density at radius 3 is 1.64 bits per heavy atom. The van der Waals surface area contributed by atoms with Gasteiger partial charge >= 0.3 is 0 Å². The molecule has 0 aliphatic carbocycles. The lowest BCUT2D eigenvalue weighted by Gasteiger charge is -2.29. The smallest absolute Gasteiger partial charge is 0.204 e. The summed E-state index contributed by atoms with van der Waals surface area (Å²) < 4.78 is 22.4. The van der Waals surface area contributed by atoms with Gasteiger partial charge in [-0.2, -0.15) is 0 Å². The van der Waals surface area contributed by atoms with Gasteiger partial charge in [-0.15, -0.1) is 0 Å². The highest BCUT2D eigenvalue weighted by molar-refractivity contribution is 5.97. The summed E-state index contributed by atoms with van der Waals surface area (Å²) in [5, 5.41) is 53.8. The zero-order chi connectivity index (χ0) is 23.7. The number of phenolic OH excluding ortho intramolecular Hbond substituents is 2. The Bertz CT molecular complexity index is 975. The number of hydrogen-bond acceptors (Lipinski definition) is 10. The molecular formula is C23H27NO9. The lowest BCUT2D eigenvalue weighted by molar-refractivity contribution is 0.0429. The molecule has 0 fully saturated rings. The molecule has 0 aromatic heterocycles. The van der Waals surface area contributed by atoms with E-state index < -0.39 is 24.0 Å². The molecule has 0 radical (unpaired) electrons. The maximum atomic E-state index is 10.9. The van der Waals surface area contributed by atoms with Gasteiger partial charge in [0.2, 0.25) is 11.5 Å². The predicted molar refractivity (Wildman–Crippen MR) is 116 cm³/mol. The van der Waals surface area contributed by atoms with Crippen molar-refractivity contribution in [1.29, 1.82) is 0 Å². The lowest BCUT2D eigenvalue weighted by atomic mass is 9.84. The van der Waals surface area contributed by atoms with Crippen LogP contribution in [0.5, 0.6) is 34.5 Å². The molecule has 2 aliphatic heterocycles. The number of hydrogen-bond donors (Lipinski definition) is 5. The number of aliphatic hydroxyl groups is 2. The van der Waals surface area contributed by atoms with Gasteiger partial charge in [0.1, 0.15) is 13.2 Å². The molecule has 4 rings (SSSR count). The molecule has 0 bridgehead atoms. The van der Waals surface area contributed by atoms with Crippen molar-refractivity contribution in [3.05, 3.63) is 35.4 Å². The van der Waals surface area contributed by atoms with E-state index in [2.05, 4.69) is 5.16 Å². The van der Waals surface area contributed by atoms with E-state index in [-0.39, 0.29) is 55.1 Å². The Morgan fingerprint density at radius 1 is 0.848 bits per heavy atom. The third-order valence-electron chi connectivity index (χ3n) is 6.01. The van der Waals surface area contributed by atoms with Crippen molar-refractivity contribution in [3.8, 4) is 34.5 Å². The van der Waals surface area contributed by atoms with E-state index in [1.165, 1.54) is 0 Å². The van der Waals surface area contributed by atoms with Crippen LogP contribution in [0.4, 0.5) is 0 Å². The predicted octanol–water partition coefficient (Wildman–Crippen LogP) is 2.10. The van der Waals surface area contributed by atoms with Crippen LogP contribution in [0.1, 0.15) is 36.8 Å². The number of oxime groups is 1. The Balaban J connectivity index is 1.65. The Morgan fingerprint density at radius 2 is 1.27 bits per heavy atom. The fourth-order valence-corrected chi connectivity index (χ4v) is 4.10. The van der Waals surface area contributed by atoms with Gasteiger partial charge in [0, 0.05) is 23.0 Å². The van der Waals surface area contributed by atoms with E-state index in [0.717, 1.165) is 0 Å². The number of nitrogens with zero attached hydrogens (tertiary/aromatic N) is 1. The molecule has 0 saturated carbocycles. The van der Waals surface area contributed by atoms with Gasteiger partial charge in [0.25, 0.3) is 0 Å². The molecule has 33 heavy (non-hydrogen) atoms. The van der Waals surface area contributed by atoms with Gasteiger partial charge in [-0.25, -0.2) is 0 Å². The van der Waals surface area contributed by atoms with Gasteiger partial charge in [-0.05, 0) is 12.1 Å². The van der Waals surface area contributed by atoms with Crippen molar-refractivity contribution >= 4 is 5.71 Å². The number of fused-ring (bicyclic) bond motifs is 2. The van der Waals surface area contributed by atoms with Crippen LogP contribution >= 0.6 is 0 Å². The zero-order valence-electron chi connectivity index (χ0n) is 18.3. The van der Waals surface area contributed by atoms with Crippen molar-refractivity contribution in [1.82, 2.24) is 0 Å². The van der Waals surface area contributed by atoms with Crippen LogP contribution in [0.2, 0.25) is 0 Å².